The Labute approximate surface area is 93.5 Å². The smallest absolute Gasteiger partial charge is 0.411 e. The number of halogens is 3. The van der Waals surface area contributed by atoms with Crippen molar-refractivity contribution in [3.63, 3.8) is 0 Å². The normalized spacial score (nSPS) is 9.87. The lowest BCUT2D eigenvalue weighted by Crippen LogP contribution is -2.15. The Morgan fingerprint density at radius 2 is 2.00 bits per heavy atom. The van der Waals surface area contributed by atoms with Gasteiger partial charge in [0.2, 0.25) is 0 Å². The van der Waals surface area contributed by atoms with Gasteiger partial charge in [-0.25, -0.2) is 13.6 Å². The molecule has 82 valence electrons. The monoisotopic (exact) mass is 279 g/mol. The second-order valence-electron chi connectivity index (χ2n) is 2.59. The average Bonchev–Trinajstić information content (AvgIpc) is 2.11. The lowest BCUT2D eigenvalue weighted by Gasteiger charge is -2.07. The van der Waals surface area contributed by atoms with Gasteiger partial charge in [0.25, 0.3) is 0 Å². The van der Waals surface area contributed by atoms with Gasteiger partial charge in [0, 0.05) is 4.47 Å². The third kappa shape index (κ3) is 3.16. The summed E-state index contributed by atoms with van der Waals surface area (Å²) in [5.74, 6) is -1.73. The van der Waals surface area contributed by atoms with Crippen molar-refractivity contribution in [2.45, 2.75) is 6.92 Å². The lowest BCUT2D eigenvalue weighted by molar-refractivity contribution is 0.167. The van der Waals surface area contributed by atoms with E-state index in [1.807, 2.05) is 5.32 Å². The Hall–Kier alpha value is -1.17. The zero-order valence-electron chi connectivity index (χ0n) is 7.81. The first-order valence-corrected chi connectivity index (χ1v) is 4.92. The van der Waals surface area contributed by atoms with Crippen LogP contribution < -0.4 is 5.32 Å². The van der Waals surface area contributed by atoms with Crippen molar-refractivity contribution in [2.24, 2.45) is 0 Å². The van der Waals surface area contributed by atoms with Crippen LogP contribution in [0.25, 0.3) is 0 Å². The van der Waals surface area contributed by atoms with Gasteiger partial charge in [-0.1, -0.05) is 15.9 Å². The minimum Gasteiger partial charge on any atom is -0.450 e. The van der Waals surface area contributed by atoms with E-state index in [0.29, 0.717) is 0 Å². The fraction of sp³-hybridized carbons (Fsp3) is 0.222. The van der Waals surface area contributed by atoms with Crippen LogP contribution in [0.3, 0.4) is 0 Å². The van der Waals surface area contributed by atoms with E-state index in [0.717, 1.165) is 12.1 Å². The molecule has 0 fully saturated rings. The van der Waals surface area contributed by atoms with Crippen LogP contribution in [-0.2, 0) is 4.74 Å². The summed E-state index contributed by atoms with van der Waals surface area (Å²) in [5.41, 5.74) is -0.517. The largest absolute Gasteiger partial charge is 0.450 e. The standard InChI is InChI=1S/C9H8BrF2NO2/c1-2-15-9(14)13-8-6(11)3-5(10)4-7(8)12/h3-4H,2H2,1H3,(H,13,14). The predicted octanol–water partition coefficient (Wildman–Crippen LogP) is 3.30. The molecule has 1 amide bonds. The number of amides is 1. The zero-order valence-corrected chi connectivity index (χ0v) is 9.40. The number of benzene rings is 1. The van der Waals surface area contributed by atoms with Crippen LogP contribution >= 0.6 is 15.9 Å². The van der Waals surface area contributed by atoms with E-state index in [-0.39, 0.29) is 11.1 Å². The Bertz CT molecular complexity index is 361. The maximum absolute atomic E-state index is 13.2. The van der Waals surface area contributed by atoms with E-state index in [9.17, 15) is 13.6 Å². The summed E-state index contributed by atoms with van der Waals surface area (Å²) in [5, 5.41) is 1.97. The molecule has 0 aliphatic rings. The van der Waals surface area contributed by atoms with Crippen LogP contribution in [0, 0.1) is 11.6 Å². The van der Waals surface area contributed by atoms with Gasteiger partial charge >= 0.3 is 6.09 Å². The second kappa shape index (κ2) is 5.06. The average molecular weight is 280 g/mol. The Morgan fingerprint density at radius 3 is 2.47 bits per heavy atom. The third-order valence-corrected chi connectivity index (χ3v) is 1.97. The molecule has 0 unspecified atom stereocenters. The van der Waals surface area contributed by atoms with E-state index in [1.54, 1.807) is 6.92 Å². The van der Waals surface area contributed by atoms with Gasteiger partial charge in [-0.05, 0) is 19.1 Å². The first kappa shape index (κ1) is 11.9. The summed E-state index contributed by atoms with van der Waals surface area (Å²) in [6, 6.07) is 2.09. The summed E-state index contributed by atoms with van der Waals surface area (Å²) in [6.45, 7) is 1.72. The number of hydrogen-bond acceptors (Lipinski definition) is 2. The molecule has 1 aromatic carbocycles. The molecule has 3 nitrogen and oxygen atoms in total. The highest BCUT2D eigenvalue weighted by Crippen LogP contribution is 2.23. The number of nitrogens with one attached hydrogen (secondary N) is 1. The molecule has 1 rings (SSSR count). The van der Waals surface area contributed by atoms with E-state index in [2.05, 4.69) is 20.7 Å². The first-order chi connectivity index (χ1) is 7.04. The van der Waals surface area contributed by atoms with Gasteiger partial charge in [-0.2, -0.15) is 0 Å². The van der Waals surface area contributed by atoms with Gasteiger partial charge in [-0.3, -0.25) is 5.32 Å². The van der Waals surface area contributed by atoms with Crippen LogP contribution in [0.2, 0.25) is 0 Å². The highest BCUT2D eigenvalue weighted by Gasteiger charge is 2.13. The van der Waals surface area contributed by atoms with Crippen LogP contribution in [0.5, 0.6) is 0 Å². The lowest BCUT2D eigenvalue weighted by atomic mass is 10.3. The summed E-state index contributed by atoms with van der Waals surface area (Å²) in [4.78, 5) is 10.9. The van der Waals surface area contributed by atoms with Crippen molar-refractivity contribution in [1.82, 2.24) is 0 Å². The molecule has 0 aliphatic heterocycles. The van der Waals surface area contributed by atoms with Crippen molar-refractivity contribution in [3.05, 3.63) is 28.2 Å². The molecule has 0 bridgehead atoms. The zero-order chi connectivity index (χ0) is 11.4. The molecule has 15 heavy (non-hydrogen) atoms. The molecule has 0 aliphatic carbocycles. The number of rotatable bonds is 2. The topological polar surface area (TPSA) is 38.3 Å². The van der Waals surface area contributed by atoms with Crippen molar-refractivity contribution < 1.29 is 18.3 Å². The summed E-state index contributed by atoms with van der Waals surface area (Å²) >= 11 is 2.92. The number of carbonyl (C=O) groups excluding carboxylic acids is 1. The minimum atomic E-state index is -0.891. The van der Waals surface area contributed by atoms with Crippen molar-refractivity contribution in [3.8, 4) is 0 Å². The second-order valence-corrected chi connectivity index (χ2v) is 3.51. The Balaban J connectivity index is 2.90. The van der Waals surface area contributed by atoms with Gasteiger partial charge in [-0.15, -0.1) is 0 Å². The van der Waals surface area contributed by atoms with Crippen molar-refractivity contribution in [2.75, 3.05) is 11.9 Å². The van der Waals surface area contributed by atoms with Crippen LogP contribution in [0.15, 0.2) is 16.6 Å². The molecule has 0 atom stereocenters. The fourth-order valence-electron chi connectivity index (χ4n) is 0.931. The molecule has 0 saturated carbocycles. The van der Waals surface area contributed by atoms with Crippen LogP contribution in [-0.4, -0.2) is 12.7 Å². The highest BCUT2D eigenvalue weighted by atomic mass is 79.9. The molecular formula is C9H8BrF2NO2. The number of anilines is 1. The van der Waals surface area contributed by atoms with Gasteiger partial charge < -0.3 is 4.74 Å². The maximum Gasteiger partial charge on any atom is 0.411 e. The predicted molar refractivity (Wildman–Crippen MR) is 54.7 cm³/mol. The highest BCUT2D eigenvalue weighted by molar-refractivity contribution is 9.10. The van der Waals surface area contributed by atoms with Gasteiger partial charge in [0.1, 0.15) is 5.69 Å². The van der Waals surface area contributed by atoms with E-state index < -0.39 is 23.4 Å². The Kier molecular flexibility index (Phi) is 4.02. The summed E-state index contributed by atoms with van der Waals surface area (Å²) in [7, 11) is 0. The molecule has 6 heteroatoms. The molecule has 1 aromatic rings. The molecule has 0 spiro atoms. The summed E-state index contributed by atoms with van der Waals surface area (Å²) in [6.07, 6.45) is -0.891. The quantitative estimate of drug-likeness (QED) is 0.902. The SMILES string of the molecule is CCOC(=O)Nc1c(F)cc(Br)cc1F. The third-order valence-electron chi connectivity index (χ3n) is 1.51. The molecule has 0 aromatic heterocycles. The van der Waals surface area contributed by atoms with E-state index >= 15 is 0 Å². The number of carbonyl (C=O) groups is 1. The van der Waals surface area contributed by atoms with Crippen LogP contribution in [0.1, 0.15) is 6.92 Å². The summed E-state index contributed by atoms with van der Waals surface area (Å²) < 4.78 is 31.1. The number of ether oxygens (including phenoxy) is 1. The fourth-order valence-corrected chi connectivity index (χ4v) is 1.33. The molecule has 1 N–H and O–H groups in total. The Morgan fingerprint density at radius 1 is 1.47 bits per heavy atom. The van der Waals surface area contributed by atoms with Crippen molar-refractivity contribution >= 4 is 27.7 Å². The van der Waals surface area contributed by atoms with Crippen LogP contribution in [0.4, 0.5) is 19.3 Å². The molecular weight excluding hydrogens is 272 g/mol. The van der Waals surface area contributed by atoms with Gasteiger partial charge in [0.05, 0.1) is 6.61 Å². The van der Waals surface area contributed by atoms with E-state index in [1.165, 1.54) is 0 Å². The minimum absolute atomic E-state index is 0.131. The molecule has 0 saturated heterocycles. The maximum atomic E-state index is 13.2. The first-order valence-electron chi connectivity index (χ1n) is 4.13. The molecule has 0 radical (unpaired) electrons. The van der Waals surface area contributed by atoms with Gasteiger partial charge in [0.15, 0.2) is 11.6 Å². The number of hydrogen-bond donors (Lipinski definition) is 1. The molecule has 0 heterocycles. The van der Waals surface area contributed by atoms with Crippen molar-refractivity contribution in [1.29, 1.82) is 0 Å². The van der Waals surface area contributed by atoms with E-state index in [4.69, 9.17) is 0 Å².